The van der Waals surface area contributed by atoms with Crippen LogP contribution in [-0.2, 0) is 0 Å². The fraction of sp³-hybridized carbons (Fsp3) is 0.636. The lowest BCUT2D eigenvalue weighted by Gasteiger charge is -2.28. The van der Waals surface area contributed by atoms with Gasteiger partial charge < -0.3 is 10.6 Å². The fourth-order valence-corrected chi connectivity index (χ4v) is 2.22. The van der Waals surface area contributed by atoms with Crippen molar-refractivity contribution in [3.05, 3.63) is 18.0 Å². The minimum absolute atomic E-state index is 0.0230. The molecule has 1 aliphatic rings. The molecule has 0 saturated carbocycles. The van der Waals surface area contributed by atoms with Crippen LogP contribution in [0.5, 0.6) is 0 Å². The maximum absolute atomic E-state index is 12.2. The number of aromatic amines is 1. The van der Waals surface area contributed by atoms with E-state index in [2.05, 4.69) is 10.2 Å². The molecule has 16 heavy (non-hydrogen) atoms. The van der Waals surface area contributed by atoms with Crippen molar-refractivity contribution in [1.29, 1.82) is 0 Å². The summed E-state index contributed by atoms with van der Waals surface area (Å²) in [5.74, 6) is 0.0230. The first-order valence-electron chi connectivity index (χ1n) is 5.83. The molecule has 0 bridgehead atoms. The molecule has 0 aliphatic carbocycles. The van der Waals surface area contributed by atoms with Gasteiger partial charge in [0.2, 0.25) is 0 Å². The number of hydrogen-bond acceptors (Lipinski definition) is 3. The fourth-order valence-electron chi connectivity index (χ4n) is 2.22. The minimum atomic E-state index is 0.0230. The molecule has 1 fully saturated rings. The van der Waals surface area contributed by atoms with Crippen molar-refractivity contribution in [3.63, 3.8) is 0 Å². The maximum atomic E-state index is 12.2. The van der Waals surface area contributed by atoms with E-state index in [0.29, 0.717) is 12.2 Å². The molecular formula is C11H18N4O. The molecule has 2 rings (SSSR count). The summed E-state index contributed by atoms with van der Waals surface area (Å²) >= 11 is 0. The largest absolute Gasteiger partial charge is 0.333 e. The Labute approximate surface area is 95.0 Å². The van der Waals surface area contributed by atoms with Crippen molar-refractivity contribution in [1.82, 2.24) is 15.1 Å². The number of nitrogens with zero attached hydrogens (tertiary/aromatic N) is 2. The molecule has 0 aromatic carbocycles. The van der Waals surface area contributed by atoms with Crippen LogP contribution in [0.1, 0.15) is 36.2 Å². The number of aromatic nitrogens is 2. The number of likely N-dealkylation sites (tertiary alicyclic amines) is 1. The van der Waals surface area contributed by atoms with Crippen LogP contribution in [0.2, 0.25) is 0 Å². The van der Waals surface area contributed by atoms with Crippen molar-refractivity contribution < 1.29 is 4.79 Å². The van der Waals surface area contributed by atoms with Gasteiger partial charge in [-0.15, -0.1) is 0 Å². The molecular weight excluding hydrogens is 204 g/mol. The van der Waals surface area contributed by atoms with Crippen molar-refractivity contribution >= 4 is 5.91 Å². The smallest absolute Gasteiger partial charge is 0.272 e. The highest BCUT2D eigenvalue weighted by molar-refractivity contribution is 5.92. The summed E-state index contributed by atoms with van der Waals surface area (Å²) in [5, 5.41) is 6.53. The second kappa shape index (κ2) is 5.12. The molecule has 3 N–H and O–H groups in total. The van der Waals surface area contributed by atoms with E-state index < -0.39 is 0 Å². The first-order chi connectivity index (χ1) is 7.83. The van der Waals surface area contributed by atoms with Crippen LogP contribution in [0.15, 0.2) is 12.3 Å². The van der Waals surface area contributed by atoms with Crippen molar-refractivity contribution in [2.75, 3.05) is 13.1 Å². The van der Waals surface area contributed by atoms with E-state index in [1.165, 1.54) is 6.42 Å². The Morgan fingerprint density at radius 1 is 1.56 bits per heavy atom. The van der Waals surface area contributed by atoms with E-state index >= 15 is 0 Å². The summed E-state index contributed by atoms with van der Waals surface area (Å²) in [5.41, 5.74) is 6.29. The highest BCUT2D eigenvalue weighted by Gasteiger charge is 2.25. The van der Waals surface area contributed by atoms with Crippen LogP contribution in [0.25, 0.3) is 0 Å². The predicted molar refractivity (Wildman–Crippen MR) is 60.9 cm³/mol. The van der Waals surface area contributed by atoms with Gasteiger partial charge in [-0.2, -0.15) is 5.10 Å². The van der Waals surface area contributed by atoms with Gasteiger partial charge in [0.1, 0.15) is 5.69 Å². The van der Waals surface area contributed by atoms with Crippen LogP contribution < -0.4 is 5.73 Å². The second-order valence-corrected chi connectivity index (χ2v) is 4.21. The Morgan fingerprint density at radius 3 is 3.12 bits per heavy atom. The van der Waals surface area contributed by atoms with Gasteiger partial charge >= 0.3 is 0 Å². The minimum Gasteiger partial charge on any atom is -0.333 e. The molecule has 1 amide bonds. The van der Waals surface area contributed by atoms with E-state index in [1.807, 2.05) is 4.90 Å². The van der Waals surface area contributed by atoms with E-state index in [9.17, 15) is 4.79 Å². The number of H-pyrrole nitrogens is 1. The Balaban J connectivity index is 2.13. The lowest BCUT2D eigenvalue weighted by Crippen LogP contribution is -2.44. The molecule has 1 atom stereocenters. The first-order valence-corrected chi connectivity index (χ1v) is 5.83. The zero-order valence-corrected chi connectivity index (χ0v) is 9.35. The van der Waals surface area contributed by atoms with Gasteiger partial charge in [0.05, 0.1) is 0 Å². The molecule has 88 valence electrons. The molecule has 0 spiro atoms. The third kappa shape index (κ3) is 2.24. The van der Waals surface area contributed by atoms with Crippen molar-refractivity contribution in [3.8, 4) is 0 Å². The molecule has 5 nitrogen and oxygen atoms in total. The zero-order valence-electron chi connectivity index (χ0n) is 9.35. The van der Waals surface area contributed by atoms with E-state index in [4.69, 9.17) is 5.73 Å². The molecule has 1 aromatic rings. The third-order valence-electron chi connectivity index (χ3n) is 3.14. The van der Waals surface area contributed by atoms with Crippen LogP contribution in [0.3, 0.4) is 0 Å². The molecule has 1 unspecified atom stereocenters. The van der Waals surface area contributed by atoms with Gasteiger partial charge in [0.25, 0.3) is 5.91 Å². The summed E-state index contributed by atoms with van der Waals surface area (Å²) in [6.45, 7) is 1.35. The summed E-state index contributed by atoms with van der Waals surface area (Å²) in [7, 11) is 0. The zero-order chi connectivity index (χ0) is 11.4. The summed E-state index contributed by atoms with van der Waals surface area (Å²) < 4.78 is 0. The number of hydrogen-bond donors (Lipinski definition) is 2. The first kappa shape index (κ1) is 11.1. The van der Waals surface area contributed by atoms with Crippen LogP contribution in [0, 0.1) is 0 Å². The Kier molecular flexibility index (Phi) is 3.56. The standard InChI is InChI=1S/C11H18N4O/c12-8-9-4-2-1-3-7-15(9)11(16)10-5-6-13-14-10/h5-6,9H,1-4,7-8,12H2,(H,13,14). The predicted octanol–water partition coefficient (Wildman–Crippen LogP) is 0.753. The third-order valence-corrected chi connectivity index (χ3v) is 3.14. The van der Waals surface area contributed by atoms with Crippen LogP contribution >= 0.6 is 0 Å². The van der Waals surface area contributed by atoms with Crippen molar-refractivity contribution in [2.24, 2.45) is 5.73 Å². The van der Waals surface area contributed by atoms with Crippen molar-refractivity contribution in [2.45, 2.75) is 31.7 Å². The number of nitrogens with two attached hydrogens (primary N) is 1. The van der Waals surface area contributed by atoms with E-state index in [1.54, 1.807) is 12.3 Å². The molecule has 2 heterocycles. The Morgan fingerprint density at radius 2 is 2.44 bits per heavy atom. The van der Waals surface area contributed by atoms with Gasteiger partial charge in [-0.25, -0.2) is 0 Å². The Hall–Kier alpha value is -1.36. The van der Waals surface area contributed by atoms with Gasteiger partial charge in [0.15, 0.2) is 0 Å². The SMILES string of the molecule is NCC1CCCCCN1C(=O)c1ccn[nH]1. The van der Waals surface area contributed by atoms with E-state index in [-0.39, 0.29) is 11.9 Å². The van der Waals surface area contributed by atoms with Crippen LogP contribution in [-0.4, -0.2) is 40.1 Å². The van der Waals surface area contributed by atoms with E-state index in [0.717, 1.165) is 25.8 Å². The average molecular weight is 222 g/mol. The van der Waals surface area contributed by atoms with Crippen LogP contribution in [0.4, 0.5) is 0 Å². The van der Waals surface area contributed by atoms with Gasteiger partial charge in [-0.3, -0.25) is 9.89 Å². The second-order valence-electron chi connectivity index (χ2n) is 4.21. The summed E-state index contributed by atoms with van der Waals surface area (Å²) in [6.07, 6.45) is 6.02. The monoisotopic (exact) mass is 222 g/mol. The lowest BCUT2D eigenvalue weighted by molar-refractivity contribution is 0.0683. The lowest BCUT2D eigenvalue weighted by atomic mass is 10.1. The average Bonchev–Trinajstić information content (AvgIpc) is 2.73. The van der Waals surface area contributed by atoms with Gasteiger partial charge in [-0.1, -0.05) is 12.8 Å². The molecule has 0 radical (unpaired) electrons. The van der Waals surface area contributed by atoms with Gasteiger partial charge in [-0.05, 0) is 18.9 Å². The molecule has 5 heteroatoms. The molecule has 1 saturated heterocycles. The highest BCUT2D eigenvalue weighted by atomic mass is 16.2. The van der Waals surface area contributed by atoms with Gasteiger partial charge in [0, 0.05) is 25.3 Å². The normalized spacial score (nSPS) is 21.8. The summed E-state index contributed by atoms with van der Waals surface area (Å²) in [6, 6.07) is 1.89. The quantitative estimate of drug-likeness (QED) is 0.775. The molecule has 1 aromatic heterocycles. The summed E-state index contributed by atoms with van der Waals surface area (Å²) in [4.78, 5) is 14.1. The number of rotatable bonds is 2. The maximum Gasteiger partial charge on any atom is 0.272 e. The highest BCUT2D eigenvalue weighted by Crippen LogP contribution is 2.17. The number of carbonyl (C=O) groups is 1. The number of amides is 1. The Bertz CT molecular complexity index is 336. The number of nitrogens with one attached hydrogen (secondary N) is 1. The number of carbonyl (C=O) groups excluding carboxylic acids is 1. The molecule has 1 aliphatic heterocycles. The topological polar surface area (TPSA) is 75.0 Å².